The lowest BCUT2D eigenvalue weighted by atomic mass is 10.3. The van der Waals surface area contributed by atoms with Crippen molar-refractivity contribution < 1.29 is 0 Å². The maximum absolute atomic E-state index is 11.6. The Morgan fingerprint density at radius 3 is 2.95 bits per heavy atom. The highest BCUT2D eigenvalue weighted by Gasteiger charge is 2.02. The molecule has 5 nitrogen and oxygen atoms in total. The van der Waals surface area contributed by atoms with E-state index in [0.29, 0.717) is 12.2 Å². The van der Waals surface area contributed by atoms with Crippen molar-refractivity contribution in [1.82, 2.24) is 14.5 Å². The van der Waals surface area contributed by atoms with Crippen molar-refractivity contribution in [2.75, 3.05) is 19.3 Å². The van der Waals surface area contributed by atoms with Gasteiger partial charge >= 0.3 is 0 Å². The van der Waals surface area contributed by atoms with E-state index in [1.807, 2.05) is 25.4 Å². The highest BCUT2D eigenvalue weighted by molar-refractivity contribution is 5.33. The molecule has 2 N–H and O–H groups in total. The molecule has 0 bridgehead atoms. The Kier molecular flexibility index (Phi) is 4.30. The lowest BCUT2D eigenvalue weighted by Gasteiger charge is -2.17. The van der Waals surface area contributed by atoms with E-state index in [-0.39, 0.29) is 5.56 Å². The molecular weight excluding hydrogens is 240 g/mol. The van der Waals surface area contributed by atoms with Crippen LogP contribution in [0.15, 0.2) is 47.7 Å². The van der Waals surface area contributed by atoms with Crippen molar-refractivity contribution in [2.24, 2.45) is 0 Å². The second-order valence-corrected chi connectivity index (χ2v) is 4.59. The monoisotopic (exact) mass is 258 g/mol. The average molecular weight is 258 g/mol. The summed E-state index contributed by atoms with van der Waals surface area (Å²) in [7, 11) is 2.02. The van der Waals surface area contributed by atoms with Gasteiger partial charge in [-0.15, -0.1) is 0 Å². The number of aromatic nitrogens is 2. The van der Waals surface area contributed by atoms with Gasteiger partial charge < -0.3 is 15.2 Å². The summed E-state index contributed by atoms with van der Waals surface area (Å²) in [4.78, 5) is 17.8. The van der Waals surface area contributed by atoms with Gasteiger partial charge in [0.1, 0.15) is 0 Å². The fourth-order valence-electron chi connectivity index (χ4n) is 1.89. The average Bonchev–Trinajstić information content (AvgIpc) is 2.41. The van der Waals surface area contributed by atoms with Crippen LogP contribution in [0.1, 0.15) is 5.56 Å². The first-order valence-corrected chi connectivity index (χ1v) is 6.18. The molecule has 0 aliphatic rings. The zero-order valence-electron chi connectivity index (χ0n) is 11.0. The molecule has 0 aromatic carbocycles. The Balaban J connectivity index is 1.91. The van der Waals surface area contributed by atoms with Crippen molar-refractivity contribution >= 4 is 5.69 Å². The number of anilines is 1. The maximum atomic E-state index is 11.6. The first kappa shape index (κ1) is 13.3. The van der Waals surface area contributed by atoms with Crippen LogP contribution in [-0.4, -0.2) is 28.0 Å². The zero-order chi connectivity index (χ0) is 13.7. The Hall–Kier alpha value is -2.14. The molecule has 0 saturated heterocycles. The number of hydrogen-bond donors (Lipinski definition) is 1. The molecule has 2 aromatic heterocycles. The molecule has 0 amide bonds. The van der Waals surface area contributed by atoms with Crippen LogP contribution >= 0.6 is 0 Å². The molecule has 0 aliphatic heterocycles. The third-order valence-corrected chi connectivity index (χ3v) is 2.90. The summed E-state index contributed by atoms with van der Waals surface area (Å²) in [5.74, 6) is 0. The van der Waals surface area contributed by atoms with E-state index in [4.69, 9.17) is 5.73 Å². The lowest BCUT2D eigenvalue weighted by molar-refractivity contribution is 0.309. The van der Waals surface area contributed by atoms with Crippen LogP contribution in [0.5, 0.6) is 0 Å². The first-order valence-electron chi connectivity index (χ1n) is 6.18. The van der Waals surface area contributed by atoms with E-state index in [2.05, 4.69) is 9.88 Å². The van der Waals surface area contributed by atoms with E-state index in [9.17, 15) is 4.79 Å². The predicted molar refractivity (Wildman–Crippen MR) is 75.7 cm³/mol. The second kappa shape index (κ2) is 6.15. The number of nitrogens with two attached hydrogens (primary N) is 1. The van der Waals surface area contributed by atoms with Crippen molar-refractivity contribution in [1.29, 1.82) is 0 Å². The van der Waals surface area contributed by atoms with Crippen LogP contribution in [0.4, 0.5) is 5.69 Å². The standard InChI is InChI=1S/C14H18N4O/c1-17(10-12-3-2-6-16-9-12)7-8-18-11-13(15)4-5-14(18)19/h2-6,9,11H,7-8,10,15H2,1H3. The van der Waals surface area contributed by atoms with Crippen LogP contribution in [0.3, 0.4) is 0 Å². The molecular formula is C14H18N4O. The SMILES string of the molecule is CN(CCn1cc(N)ccc1=O)Cc1cccnc1. The van der Waals surface area contributed by atoms with E-state index >= 15 is 0 Å². The van der Waals surface area contributed by atoms with Gasteiger partial charge in [0.05, 0.1) is 0 Å². The van der Waals surface area contributed by atoms with Gasteiger partial charge in [0.15, 0.2) is 0 Å². The maximum Gasteiger partial charge on any atom is 0.250 e. The molecule has 0 unspecified atom stereocenters. The van der Waals surface area contributed by atoms with Gasteiger partial charge in [0.2, 0.25) is 0 Å². The summed E-state index contributed by atoms with van der Waals surface area (Å²) < 4.78 is 1.63. The highest BCUT2D eigenvalue weighted by atomic mass is 16.1. The minimum absolute atomic E-state index is 0.0241. The third kappa shape index (κ3) is 3.93. The lowest BCUT2D eigenvalue weighted by Crippen LogP contribution is -2.28. The van der Waals surface area contributed by atoms with Gasteiger partial charge in [0.25, 0.3) is 5.56 Å². The molecule has 100 valence electrons. The molecule has 0 saturated carbocycles. The molecule has 0 fully saturated rings. The third-order valence-electron chi connectivity index (χ3n) is 2.90. The Morgan fingerprint density at radius 2 is 2.21 bits per heavy atom. The number of nitrogen functional groups attached to an aromatic ring is 1. The van der Waals surface area contributed by atoms with Gasteiger partial charge in [-0.2, -0.15) is 0 Å². The molecule has 0 aliphatic carbocycles. The summed E-state index contributed by atoms with van der Waals surface area (Å²) in [6.45, 7) is 2.21. The van der Waals surface area contributed by atoms with Crippen molar-refractivity contribution in [3.63, 3.8) is 0 Å². The van der Waals surface area contributed by atoms with E-state index in [1.54, 1.807) is 23.0 Å². The number of rotatable bonds is 5. The fraction of sp³-hybridized carbons (Fsp3) is 0.286. The minimum atomic E-state index is -0.0241. The number of nitrogens with zero attached hydrogens (tertiary/aromatic N) is 3. The fourth-order valence-corrected chi connectivity index (χ4v) is 1.89. The molecule has 0 atom stereocenters. The quantitative estimate of drug-likeness (QED) is 0.867. The topological polar surface area (TPSA) is 64.2 Å². The number of likely N-dealkylation sites (N-methyl/N-ethyl adjacent to an activating group) is 1. The normalized spacial score (nSPS) is 10.8. The van der Waals surface area contributed by atoms with Crippen molar-refractivity contribution in [3.8, 4) is 0 Å². The van der Waals surface area contributed by atoms with E-state index in [0.717, 1.165) is 18.7 Å². The summed E-state index contributed by atoms with van der Waals surface area (Å²) in [6.07, 6.45) is 5.29. The predicted octanol–water partition coefficient (Wildman–Crippen LogP) is 0.957. The van der Waals surface area contributed by atoms with E-state index < -0.39 is 0 Å². The van der Waals surface area contributed by atoms with Crippen molar-refractivity contribution in [2.45, 2.75) is 13.1 Å². The molecule has 5 heteroatoms. The van der Waals surface area contributed by atoms with Gasteiger partial charge in [-0.25, -0.2) is 0 Å². The molecule has 2 rings (SSSR count). The smallest absolute Gasteiger partial charge is 0.250 e. The minimum Gasteiger partial charge on any atom is -0.398 e. The van der Waals surface area contributed by atoms with E-state index in [1.165, 1.54) is 6.07 Å². The molecule has 19 heavy (non-hydrogen) atoms. The largest absolute Gasteiger partial charge is 0.398 e. The van der Waals surface area contributed by atoms with Gasteiger partial charge in [-0.1, -0.05) is 6.07 Å². The number of hydrogen-bond acceptors (Lipinski definition) is 4. The first-order chi connectivity index (χ1) is 9.15. The molecule has 2 aromatic rings. The highest BCUT2D eigenvalue weighted by Crippen LogP contribution is 2.01. The van der Waals surface area contributed by atoms with Gasteiger partial charge in [-0.05, 0) is 24.7 Å². The van der Waals surface area contributed by atoms with Crippen LogP contribution in [0.2, 0.25) is 0 Å². The summed E-state index contributed by atoms with van der Waals surface area (Å²) in [5, 5.41) is 0. The summed E-state index contributed by atoms with van der Waals surface area (Å²) in [5.41, 5.74) is 7.42. The van der Waals surface area contributed by atoms with Crippen LogP contribution in [-0.2, 0) is 13.1 Å². The summed E-state index contributed by atoms with van der Waals surface area (Å²) >= 11 is 0. The molecule has 0 radical (unpaired) electrons. The van der Waals surface area contributed by atoms with Crippen molar-refractivity contribution in [3.05, 3.63) is 58.8 Å². The summed E-state index contributed by atoms with van der Waals surface area (Å²) in [6, 6.07) is 7.08. The molecule has 2 heterocycles. The van der Waals surface area contributed by atoms with Crippen LogP contribution < -0.4 is 11.3 Å². The van der Waals surface area contributed by atoms with Gasteiger partial charge in [-0.3, -0.25) is 9.78 Å². The second-order valence-electron chi connectivity index (χ2n) is 4.59. The Labute approximate surface area is 112 Å². The van der Waals surface area contributed by atoms with Gasteiger partial charge in [0, 0.05) is 50.0 Å². The number of pyridine rings is 2. The van der Waals surface area contributed by atoms with Crippen LogP contribution in [0, 0.1) is 0 Å². The Morgan fingerprint density at radius 1 is 1.37 bits per heavy atom. The molecule has 0 spiro atoms. The Bertz CT molecular complexity index is 579. The zero-order valence-corrected chi connectivity index (χ0v) is 11.0. The van der Waals surface area contributed by atoms with Crippen LogP contribution in [0.25, 0.3) is 0 Å².